The second-order valence-electron chi connectivity index (χ2n) is 3.35. The number of hydrogen-bond donors (Lipinski definition) is 1. The molecule has 0 radical (unpaired) electrons. The summed E-state index contributed by atoms with van der Waals surface area (Å²) < 4.78 is 10.5. The van der Waals surface area contributed by atoms with Crippen LogP contribution in [0.5, 0.6) is 11.5 Å². The van der Waals surface area contributed by atoms with Gasteiger partial charge >= 0.3 is 0 Å². The Morgan fingerprint density at radius 2 is 2.20 bits per heavy atom. The van der Waals surface area contributed by atoms with Crippen molar-refractivity contribution < 1.29 is 14.6 Å². The lowest BCUT2D eigenvalue weighted by molar-refractivity contribution is 0.174. The van der Waals surface area contributed by atoms with E-state index in [9.17, 15) is 0 Å². The zero-order valence-corrected chi connectivity index (χ0v) is 9.42. The number of aliphatic hydroxyl groups is 1. The summed E-state index contributed by atoms with van der Waals surface area (Å²) in [6.45, 7) is 2.58. The summed E-state index contributed by atoms with van der Waals surface area (Å²) in [6.07, 6.45) is 0.954. The number of aliphatic hydroxyl groups excluding tert-OH is 1. The van der Waals surface area contributed by atoms with Crippen molar-refractivity contribution in [2.24, 2.45) is 0 Å². The maximum Gasteiger partial charge on any atom is 0.231 e. The molecule has 1 N–H and O–H groups in total. The van der Waals surface area contributed by atoms with Crippen LogP contribution < -0.4 is 9.47 Å². The second kappa shape index (κ2) is 4.77. The largest absolute Gasteiger partial charge is 0.454 e. The number of thioether (sulfide) groups is 1. The molecule has 0 aromatic heterocycles. The number of fused-ring (bicyclic) bond motifs is 1. The molecule has 0 saturated heterocycles. The van der Waals surface area contributed by atoms with Gasteiger partial charge in [-0.05, 0) is 24.6 Å². The molecular formula is C11H14O3S. The Bertz CT molecular complexity index is 337. The summed E-state index contributed by atoms with van der Waals surface area (Å²) >= 11 is 1.67. The first kappa shape index (κ1) is 10.6. The first-order chi connectivity index (χ1) is 7.33. The van der Waals surface area contributed by atoms with Gasteiger partial charge in [-0.1, -0.05) is 6.92 Å². The highest BCUT2D eigenvalue weighted by Crippen LogP contribution is 2.36. The summed E-state index contributed by atoms with van der Waals surface area (Å²) in [4.78, 5) is 1.11. The van der Waals surface area contributed by atoms with Gasteiger partial charge in [-0.2, -0.15) is 0 Å². The molecule has 15 heavy (non-hydrogen) atoms. The number of ether oxygens (including phenoxy) is 2. The molecule has 2 rings (SSSR count). The molecule has 0 spiro atoms. The third-order valence-corrected chi connectivity index (χ3v) is 3.65. The van der Waals surface area contributed by atoms with Gasteiger partial charge in [0.2, 0.25) is 6.79 Å². The average Bonchev–Trinajstić information content (AvgIpc) is 2.73. The van der Waals surface area contributed by atoms with Crippen LogP contribution in [0.1, 0.15) is 13.3 Å². The fraction of sp³-hybridized carbons (Fsp3) is 0.455. The normalized spacial score (nSPS) is 15.3. The van der Waals surface area contributed by atoms with E-state index in [0.29, 0.717) is 6.79 Å². The van der Waals surface area contributed by atoms with Crippen LogP contribution in [-0.2, 0) is 0 Å². The third-order valence-electron chi connectivity index (χ3n) is 2.31. The molecule has 0 fully saturated rings. The molecule has 0 bridgehead atoms. The van der Waals surface area contributed by atoms with Crippen molar-refractivity contribution in [1.29, 1.82) is 0 Å². The highest BCUT2D eigenvalue weighted by atomic mass is 32.2. The van der Waals surface area contributed by atoms with Crippen molar-refractivity contribution in [3.8, 4) is 11.5 Å². The molecular weight excluding hydrogens is 212 g/mol. The van der Waals surface area contributed by atoms with Crippen molar-refractivity contribution >= 4 is 11.8 Å². The molecule has 4 heteroatoms. The van der Waals surface area contributed by atoms with E-state index < -0.39 is 0 Å². The predicted octanol–water partition coefficient (Wildman–Crippen LogP) is 2.28. The molecule has 0 amide bonds. The standard InChI is InChI=1S/C11H14O3S/c1-2-8(6-12)15-9-3-4-10-11(5-9)14-7-13-10/h3-5,8,12H,2,6-7H2,1H3. The molecule has 82 valence electrons. The minimum Gasteiger partial charge on any atom is -0.454 e. The average molecular weight is 226 g/mol. The lowest BCUT2D eigenvalue weighted by Gasteiger charge is -2.11. The Balaban J connectivity index is 2.09. The lowest BCUT2D eigenvalue weighted by atomic mass is 10.3. The first-order valence-corrected chi connectivity index (χ1v) is 5.88. The maximum atomic E-state index is 9.10. The Labute approximate surface area is 93.4 Å². The van der Waals surface area contributed by atoms with Crippen LogP contribution >= 0.6 is 11.8 Å². The van der Waals surface area contributed by atoms with E-state index >= 15 is 0 Å². The van der Waals surface area contributed by atoms with Crippen molar-refractivity contribution in [3.63, 3.8) is 0 Å². The van der Waals surface area contributed by atoms with Crippen LogP contribution in [0.4, 0.5) is 0 Å². The number of rotatable bonds is 4. The molecule has 0 saturated carbocycles. The van der Waals surface area contributed by atoms with E-state index in [2.05, 4.69) is 6.92 Å². The Hall–Kier alpha value is -0.870. The molecule has 1 heterocycles. The number of hydrogen-bond acceptors (Lipinski definition) is 4. The van der Waals surface area contributed by atoms with E-state index in [-0.39, 0.29) is 11.9 Å². The Morgan fingerprint density at radius 3 is 2.93 bits per heavy atom. The van der Waals surface area contributed by atoms with Crippen molar-refractivity contribution in [1.82, 2.24) is 0 Å². The summed E-state index contributed by atoms with van der Waals surface area (Å²) in [5.74, 6) is 1.60. The number of benzene rings is 1. The molecule has 1 aliphatic heterocycles. The van der Waals surface area contributed by atoms with E-state index in [0.717, 1.165) is 22.8 Å². The zero-order valence-electron chi connectivity index (χ0n) is 8.60. The molecule has 1 unspecified atom stereocenters. The minimum atomic E-state index is 0.204. The van der Waals surface area contributed by atoms with Gasteiger partial charge in [-0.25, -0.2) is 0 Å². The highest BCUT2D eigenvalue weighted by molar-refractivity contribution is 8.00. The first-order valence-electron chi connectivity index (χ1n) is 5.00. The van der Waals surface area contributed by atoms with Crippen molar-refractivity contribution in [2.45, 2.75) is 23.5 Å². The van der Waals surface area contributed by atoms with Crippen LogP contribution in [-0.4, -0.2) is 23.8 Å². The van der Waals surface area contributed by atoms with Crippen LogP contribution in [0.3, 0.4) is 0 Å². The molecule has 3 nitrogen and oxygen atoms in total. The molecule has 1 aromatic carbocycles. The Kier molecular flexibility index (Phi) is 3.38. The fourth-order valence-corrected chi connectivity index (χ4v) is 2.34. The maximum absolute atomic E-state index is 9.10. The summed E-state index contributed by atoms with van der Waals surface area (Å²) in [5, 5.41) is 9.36. The van der Waals surface area contributed by atoms with Crippen LogP contribution in [0.25, 0.3) is 0 Å². The molecule has 0 aliphatic carbocycles. The van der Waals surface area contributed by atoms with Crippen LogP contribution in [0.2, 0.25) is 0 Å². The molecule has 1 atom stereocenters. The van der Waals surface area contributed by atoms with Gasteiger partial charge in [-0.15, -0.1) is 11.8 Å². The van der Waals surface area contributed by atoms with Crippen LogP contribution in [0, 0.1) is 0 Å². The zero-order chi connectivity index (χ0) is 10.7. The van der Waals surface area contributed by atoms with E-state index in [4.69, 9.17) is 14.6 Å². The van der Waals surface area contributed by atoms with Gasteiger partial charge in [-0.3, -0.25) is 0 Å². The minimum absolute atomic E-state index is 0.204. The topological polar surface area (TPSA) is 38.7 Å². The Morgan fingerprint density at radius 1 is 1.40 bits per heavy atom. The smallest absolute Gasteiger partial charge is 0.231 e. The summed E-state index contributed by atoms with van der Waals surface area (Å²) in [6, 6.07) is 5.87. The predicted molar refractivity (Wildman–Crippen MR) is 59.6 cm³/mol. The monoisotopic (exact) mass is 226 g/mol. The van der Waals surface area contributed by atoms with Gasteiger partial charge in [0.1, 0.15) is 0 Å². The van der Waals surface area contributed by atoms with Crippen molar-refractivity contribution in [3.05, 3.63) is 18.2 Å². The third kappa shape index (κ3) is 2.38. The lowest BCUT2D eigenvalue weighted by Crippen LogP contribution is -2.05. The summed E-state index contributed by atoms with van der Waals surface area (Å²) in [7, 11) is 0. The van der Waals surface area contributed by atoms with Gasteiger partial charge < -0.3 is 14.6 Å². The quantitative estimate of drug-likeness (QED) is 0.799. The summed E-state index contributed by atoms with van der Waals surface area (Å²) in [5.41, 5.74) is 0. The van der Waals surface area contributed by atoms with Gasteiger partial charge in [0, 0.05) is 10.1 Å². The highest BCUT2D eigenvalue weighted by Gasteiger charge is 2.14. The van der Waals surface area contributed by atoms with Gasteiger partial charge in [0.15, 0.2) is 11.5 Å². The van der Waals surface area contributed by atoms with E-state index in [1.807, 2.05) is 18.2 Å². The SMILES string of the molecule is CCC(CO)Sc1ccc2c(c1)OCO2. The van der Waals surface area contributed by atoms with Gasteiger partial charge in [0.05, 0.1) is 6.61 Å². The molecule has 1 aromatic rings. The fourth-order valence-electron chi connectivity index (χ4n) is 1.39. The van der Waals surface area contributed by atoms with Gasteiger partial charge in [0.25, 0.3) is 0 Å². The molecule has 1 aliphatic rings. The van der Waals surface area contributed by atoms with Crippen LogP contribution in [0.15, 0.2) is 23.1 Å². The van der Waals surface area contributed by atoms with Crippen molar-refractivity contribution in [2.75, 3.05) is 13.4 Å². The second-order valence-corrected chi connectivity index (χ2v) is 4.72. The van der Waals surface area contributed by atoms with E-state index in [1.54, 1.807) is 11.8 Å². The van der Waals surface area contributed by atoms with E-state index in [1.165, 1.54) is 0 Å².